The molecular formula is C15H14BrNO. The summed E-state index contributed by atoms with van der Waals surface area (Å²) < 4.78 is 1.01. The molecule has 0 saturated heterocycles. The SMILES string of the molecule is Cc1ccc(C(=O)Nc2ccc(Br)cc2C)cc1. The smallest absolute Gasteiger partial charge is 0.255 e. The highest BCUT2D eigenvalue weighted by molar-refractivity contribution is 9.10. The average Bonchev–Trinajstić information content (AvgIpc) is 2.33. The lowest BCUT2D eigenvalue weighted by Crippen LogP contribution is -2.12. The summed E-state index contributed by atoms with van der Waals surface area (Å²) in [6, 6.07) is 13.3. The molecule has 0 unspecified atom stereocenters. The van der Waals surface area contributed by atoms with E-state index in [4.69, 9.17) is 0 Å². The van der Waals surface area contributed by atoms with Gasteiger partial charge in [0, 0.05) is 15.7 Å². The van der Waals surface area contributed by atoms with Gasteiger partial charge in [-0.15, -0.1) is 0 Å². The van der Waals surface area contributed by atoms with Gasteiger partial charge in [-0.1, -0.05) is 33.6 Å². The monoisotopic (exact) mass is 303 g/mol. The van der Waals surface area contributed by atoms with Crippen molar-refractivity contribution in [3.05, 3.63) is 63.6 Å². The Balaban J connectivity index is 2.18. The fraction of sp³-hybridized carbons (Fsp3) is 0.133. The first-order chi connectivity index (χ1) is 8.56. The molecule has 0 aliphatic carbocycles. The van der Waals surface area contributed by atoms with Gasteiger partial charge >= 0.3 is 0 Å². The van der Waals surface area contributed by atoms with Gasteiger partial charge in [-0.25, -0.2) is 0 Å². The van der Waals surface area contributed by atoms with E-state index < -0.39 is 0 Å². The number of halogens is 1. The normalized spacial score (nSPS) is 10.2. The Morgan fingerprint density at radius 2 is 1.72 bits per heavy atom. The van der Waals surface area contributed by atoms with Gasteiger partial charge in [0.15, 0.2) is 0 Å². The summed E-state index contributed by atoms with van der Waals surface area (Å²) in [5.41, 5.74) is 3.68. The van der Waals surface area contributed by atoms with Crippen LogP contribution in [0.5, 0.6) is 0 Å². The van der Waals surface area contributed by atoms with Crippen LogP contribution in [0.25, 0.3) is 0 Å². The molecule has 0 fully saturated rings. The van der Waals surface area contributed by atoms with Crippen LogP contribution in [-0.2, 0) is 0 Å². The Hall–Kier alpha value is -1.61. The Bertz CT molecular complexity index is 576. The van der Waals surface area contributed by atoms with Gasteiger partial charge in [0.25, 0.3) is 5.91 Å². The lowest BCUT2D eigenvalue weighted by molar-refractivity contribution is 0.102. The van der Waals surface area contributed by atoms with Crippen LogP contribution in [0.2, 0.25) is 0 Å². The first kappa shape index (κ1) is 12.8. The molecule has 0 atom stereocenters. The van der Waals surface area contributed by atoms with Crippen molar-refractivity contribution in [2.75, 3.05) is 5.32 Å². The molecule has 2 aromatic carbocycles. The summed E-state index contributed by atoms with van der Waals surface area (Å²) in [7, 11) is 0. The summed E-state index contributed by atoms with van der Waals surface area (Å²) in [6.07, 6.45) is 0. The van der Waals surface area contributed by atoms with Gasteiger partial charge in [-0.05, 0) is 49.7 Å². The van der Waals surface area contributed by atoms with Crippen LogP contribution in [0.1, 0.15) is 21.5 Å². The topological polar surface area (TPSA) is 29.1 Å². The lowest BCUT2D eigenvalue weighted by atomic mass is 10.1. The van der Waals surface area contributed by atoms with E-state index in [1.807, 2.05) is 56.3 Å². The maximum Gasteiger partial charge on any atom is 0.255 e. The number of carbonyl (C=O) groups excluding carboxylic acids is 1. The molecule has 2 aromatic rings. The highest BCUT2D eigenvalue weighted by atomic mass is 79.9. The number of carbonyl (C=O) groups is 1. The van der Waals surface area contributed by atoms with Crippen LogP contribution < -0.4 is 5.32 Å². The van der Waals surface area contributed by atoms with Gasteiger partial charge < -0.3 is 5.32 Å². The highest BCUT2D eigenvalue weighted by Crippen LogP contribution is 2.20. The van der Waals surface area contributed by atoms with Crippen LogP contribution in [0, 0.1) is 13.8 Å². The minimum Gasteiger partial charge on any atom is -0.322 e. The fourth-order valence-corrected chi connectivity index (χ4v) is 2.14. The second kappa shape index (κ2) is 5.36. The third kappa shape index (κ3) is 2.99. The molecule has 0 aliphatic rings. The van der Waals surface area contributed by atoms with E-state index in [-0.39, 0.29) is 5.91 Å². The van der Waals surface area contributed by atoms with E-state index >= 15 is 0 Å². The zero-order valence-electron chi connectivity index (χ0n) is 10.3. The fourth-order valence-electron chi connectivity index (χ4n) is 1.67. The van der Waals surface area contributed by atoms with Crippen molar-refractivity contribution >= 4 is 27.5 Å². The number of rotatable bonds is 2. The molecule has 0 bridgehead atoms. The Morgan fingerprint density at radius 1 is 1.06 bits per heavy atom. The van der Waals surface area contributed by atoms with Gasteiger partial charge in [0.05, 0.1) is 0 Å². The molecule has 0 aliphatic heterocycles. The van der Waals surface area contributed by atoms with Crippen LogP contribution in [0.15, 0.2) is 46.9 Å². The quantitative estimate of drug-likeness (QED) is 0.879. The van der Waals surface area contributed by atoms with E-state index in [1.165, 1.54) is 0 Å². The van der Waals surface area contributed by atoms with Crippen molar-refractivity contribution < 1.29 is 4.79 Å². The third-order valence-electron chi connectivity index (χ3n) is 2.75. The predicted octanol–water partition coefficient (Wildman–Crippen LogP) is 4.32. The van der Waals surface area contributed by atoms with E-state index in [0.717, 1.165) is 21.3 Å². The summed E-state index contributed by atoms with van der Waals surface area (Å²) in [5.74, 6) is -0.0829. The first-order valence-corrected chi connectivity index (χ1v) is 6.50. The van der Waals surface area contributed by atoms with Crippen molar-refractivity contribution in [1.82, 2.24) is 0 Å². The number of hydrogen-bond donors (Lipinski definition) is 1. The van der Waals surface area contributed by atoms with Crippen LogP contribution >= 0.6 is 15.9 Å². The van der Waals surface area contributed by atoms with Gasteiger partial charge in [-0.3, -0.25) is 4.79 Å². The molecule has 2 nitrogen and oxygen atoms in total. The lowest BCUT2D eigenvalue weighted by Gasteiger charge is -2.09. The van der Waals surface area contributed by atoms with E-state index in [0.29, 0.717) is 5.56 Å². The highest BCUT2D eigenvalue weighted by Gasteiger charge is 2.07. The molecule has 1 N–H and O–H groups in total. The van der Waals surface area contributed by atoms with Crippen molar-refractivity contribution in [3.8, 4) is 0 Å². The molecular weight excluding hydrogens is 290 g/mol. The summed E-state index contributed by atoms with van der Waals surface area (Å²) >= 11 is 3.40. The largest absolute Gasteiger partial charge is 0.322 e. The number of nitrogens with one attached hydrogen (secondary N) is 1. The molecule has 18 heavy (non-hydrogen) atoms. The standard InChI is InChI=1S/C15H14BrNO/c1-10-3-5-12(6-4-10)15(18)17-14-8-7-13(16)9-11(14)2/h3-9H,1-2H3,(H,17,18). The minimum absolute atomic E-state index is 0.0829. The van der Waals surface area contributed by atoms with E-state index in [9.17, 15) is 4.79 Å². The van der Waals surface area contributed by atoms with Crippen molar-refractivity contribution in [2.45, 2.75) is 13.8 Å². The molecule has 0 spiro atoms. The molecule has 1 amide bonds. The van der Waals surface area contributed by atoms with Gasteiger partial charge in [0.1, 0.15) is 0 Å². The zero-order valence-corrected chi connectivity index (χ0v) is 11.9. The third-order valence-corrected chi connectivity index (χ3v) is 3.24. The van der Waals surface area contributed by atoms with E-state index in [2.05, 4.69) is 21.2 Å². The summed E-state index contributed by atoms with van der Waals surface area (Å²) in [6.45, 7) is 3.97. The second-order valence-corrected chi connectivity index (χ2v) is 5.20. The summed E-state index contributed by atoms with van der Waals surface area (Å²) in [4.78, 5) is 12.0. The molecule has 0 radical (unpaired) electrons. The van der Waals surface area contributed by atoms with Gasteiger partial charge in [0.2, 0.25) is 0 Å². The molecule has 2 rings (SSSR count). The van der Waals surface area contributed by atoms with Gasteiger partial charge in [-0.2, -0.15) is 0 Å². The summed E-state index contributed by atoms with van der Waals surface area (Å²) in [5, 5.41) is 2.91. The van der Waals surface area contributed by atoms with Crippen molar-refractivity contribution in [1.29, 1.82) is 0 Å². The predicted molar refractivity (Wildman–Crippen MR) is 78.0 cm³/mol. The number of benzene rings is 2. The maximum atomic E-state index is 12.0. The molecule has 0 aromatic heterocycles. The Labute approximate surface area is 115 Å². The number of aryl methyl sites for hydroxylation is 2. The maximum absolute atomic E-state index is 12.0. The second-order valence-electron chi connectivity index (χ2n) is 4.28. The first-order valence-electron chi connectivity index (χ1n) is 5.70. The average molecular weight is 304 g/mol. The molecule has 0 heterocycles. The zero-order chi connectivity index (χ0) is 13.1. The number of anilines is 1. The minimum atomic E-state index is -0.0829. The van der Waals surface area contributed by atoms with E-state index in [1.54, 1.807) is 0 Å². The molecule has 3 heteroatoms. The Kier molecular flexibility index (Phi) is 3.82. The van der Waals surface area contributed by atoms with Crippen molar-refractivity contribution in [3.63, 3.8) is 0 Å². The van der Waals surface area contributed by atoms with Crippen LogP contribution in [0.4, 0.5) is 5.69 Å². The molecule has 92 valence electrons. The van der Waals surface area contributed by atoms with Crippen LogP contribution in [0.3, 0.4) is 0 Å². The van der Waals surface area contributed by atoms with Crippen LogP contribution in [-0.4, -0.2) is 5.91 Å². The number of amides is 1. The number of hydrogen-bond acceptors (Lipinski definition) is 1. The molecule has 0 saturated carbocycles. The van der Waals surface area contributed by atoms with Crippen molar-refractivity contribution in [2.24, 2.45) is 0 Å². The Morgan fingerprint density at radius 3 is 2.33 bits per heavy atom.